The lowest BCUT2D eigenvalue weighted by Crippen LogP contribution is -2.40. The lowest BCUT2D eigenvalue weighted by Gasteiger charge is -2.21. The zero-order chi connectivity index (χ0) is 16.9. The Morgan fingerprint density at radius 2 is 1.91 bits per heavy atom. The monoisotopic (exact) mass is 339 g/mol. The first kappa shape index (κ1) is 17.3. The maximum atomic E-state index is 12.1. The van der Waals surface area contributed by atoms with Gasteiger partial charge >= 0.3 is 0 Å². The third kappa shape index (κ3) is 5.24. The van der Waals surface area contributed by atoms with Gasteiger partial charge < -0.3 is 10.6 Å². The quantitative estimate of drug-likeness (QED) is 0.726. The molecule has 1 saturated heterocycles. The summed E-state index contributed by atoms with van der Waals surface area (Å²) in [4.78, 5) is 23.2. The summed E-state index contributed by atoms with van der Waals surface area (Å²) in [6, 6.07) is 6.49. The Balaban J connectivity index is 1.92. The molecule has 126 valence electrons. The second kappa shape index (κ2) is 7.45. The Morgan fingerprint density at radius 1 is 1.26 bits per heavy atom. The summed E-state index contributed by atoms with van der Waals surface area (Å²) in [5.74, 6) is -0.351. The topological polar surface area (TPSA) is 104 Å². The number of piperidine rings is 1. The van der Waals surface area contributed by atoms with Crippen molar-refractivity contribution in [1.29, 1.82) is 0 Å². The summed E-state index contributed by atoms with van der Waals surface area (Å²) >= 11 is 0. The zero-order valence-corrected chi connectivity index (χ0v) is 13.8. The van der Waals surface area contributed by atoms with Crippen molar-refractivity contribution in [3.05, 3.63) is 24.3 Å². The summed E-state index contributed by atoms with van der Waals surface area (Å²) < 4.78 is 25.8. The fraction of sp³-hybridized carbons (Fsp3) is 0.467. The molecule has 7 nitrogen and oxygen atoms in total. The predicted molar refractivity (Wildman–Crippen MR) is 88.5 cm³/mol. The van der Waals surface area contributed by atoms with Crippen LogP contribution in [0.25, 0.3) is 0 Å². The first-order valence-corrected chi connectivity index (χ1v) is 9.23. The van der Waals surface area contributed by atoms with E-state index in [2.05, 4.69) is 15.4 Å². The number of anilines is 2. The van der Waals surface area contributed by atoms with Crippen LogP contribution in [0, 0.1) is 5.92 Å². The van der Waals surface area contributed by atoms with Gasteiger partial charge in [0.25, 0.3) is 0 Å². The van der Waals surface area contributed by atoms with Crippen LogP contribution in [0.4, 0.5) is 11.4 Å². The van der Waals surface area contributed by atoms with E-state index in [1.807, 2.05) is 0 Å². The number of nitrogens with one attached hydrogen (secondary N) is 3. The molecule has 2 rings (SSSR count). The van der Waals surface area contributed by atoms with Crippen molar-refractivity contribution in [3.63, 3.8) is 0 Å². The van der Waals surface area contributed by atoms with Gasteiger partial charge in [0.05, 0.1) is 11.7 Å². The van der Waals surface area contributed by atoms with Crippen LogP contribution in [0.3, 0.4) is 0 Å². The van der Waals surface area contributed by atoms with Crippen LogP contribution in [0.5, 0.6) is 0 Å². The second-order valence-corrected chi connectivity index (χ2v) is 7.37. The van der Waals surface area contributed by atoms with Crippen LogP contribution in [-0.4, -0.2) is 32.5 Å². The number of carbonyl (C=O) groups is 2. The predicted octanol–water partition coefficient (Wildman–Crippen LogP) is 1.30. The maximum absolute atomic E-state index is 12.1. The smallest absolute Gasteiger partial charge is 0.232 e. The fourth-order valence-electron chi connectivity index (χ4n) is 2.32. The van der Waals surface area contributed by atoms with Gasteiger partial charge in [-0.25, -0.2) is 8.42 Å². The molecule has 2 amide bonds. The molecule has 8 heteroatoms. The van der Waals surface area contributed by atoms with Crippen molar-refractivity contribution in [2.75, 3.05) is 22.3 Å². The minimum atomic E-state index is -3.32. The van der Waals surface area contributed by atoms with E-state index in [0.29, 0.717) is 37.2 Å². The van der Waals surface area contributed by atoms with Crippen molar-refractivity contribution in [3.8, 4) is 0 Å². The number of amides is 2. The van der Waals surface area contributed by atoms with Gasteiger partial charge in [-0.15, -0.1) is 0 Å². The molecule has 1 aliphatic heterocycles. The highest BCUT2D eigenvalue weighted by molar-refractivity contribution is 7.92. The standard InChI is InChI=1S/C15H21N3O4S/c1-2-9-23(21,22)18-13-6-4-12(5-7-13)17-15(20)11-3-8-14(19)16-10-11/h4-7,11,18H,2-3,8-10H2,1H3,(H,16,19)(H,17,20). The van der Waals surface area contributed by atoms with Crippen LogP contribution < -0.4 is 15.4 Å². The third-order valence-corrected chi connectivity index (χ3v) is 5.03. The van der Waals surface area contributed by atoms with E-state index in [-0.39, 0.29) is 23.5 Å². The number of sulfonamides is 1. The molecule has 0 aromatic heterocycles. The van der Waals surface area contributed by atoms with Gasteiger partial charge in [-0.1, -0.05) is 6.92 Å². The molecule has 1 unspecified atom stereocenters. The van der Waals surface area contributed by atoms with Crippen LogP contribution >= 0.6 is 0 Å². The van der Waals surface area contributed by atoms with Gasteiger partial charge in [-0.05, 0) is 37.1 Å². The lowest BCUT2D eigenvalue weighted by molar-refractivity contribution is -0.126. The highest BCUT2D eigenvalue weighted by atomic mass is 32.2. The average Bonchev–Trinajstić information content (AvgIpc) is 2.49. The molecule has 0 saturated carbocycles. The molecule has 0 spiro atoms. The molecular weight excluding hydrogens is 318 g/mol. The van der Waals surface area contributed by atoms with E-state index >= 15 is 0 Å². The van der Waals surface area contributed by atoms with Crippen LogP contribution in [-0.2, 0) is 19.6 Å². The SMILES string of the molecule is CCCS(=O)(=O)Nc1ccc(NC(=O)C2CCC(=O)NC2)cc1. The van der Waals surface area contributed by atoms with E-state index in [9.17, 15) is 18.0 Å². The van der Waals surface area contributed by atoms with Crippen molar-refractivity contribution >= 4 is 33.2 Å². The van der Waals surface area contributed by atoms with Gasteiger partial charge in [0.1, 0.15) is 0 Å². The van der Waals surface area contributed by atoms with Gasteiger partial charge in [0, 0.05) is 24.3 Å². The van der Waals surface area contributed by atoms with E-state index in [1.54, 1.807) is 31.2 Å². The van der Waals surface area contributed by atoms with Gasteiger partial charge in [0.15, 0.2) is 0 Å². The van der Waals surface area contributed by atoms with Crippen molar-refractivity contribution in [2.24, 2.45) is 5.92 Å². The van der Waals surface area contributed by atoms with E-state index in [4.69, 9.17) is 0 Å². The van der Waals surface area contributed by atoms with Crippen molar-refractivity contribution < 1.29 is 18.0 Å². The van der Waals surface area contributed by atoms with E-state index in [1.165, 1.54) is 0 Å². The number of carbonyl (C=O) groups excluding carboxylic acids is 2. The lowest BCUT2D eigenvalue weighted by atomic mass is 9.98. The molecular formula is C15H21N3O4S. The first-order valence-electron chi connectivity index (χ1n) is 7.58. The summed E-state index contributed by atoms with van der Waals surface area (Å²) in [5.41, 5.74) is 1.05. The maximum Gasteiger partial charge on any atom is 0.232 e. The normalized spacial score (nSPS) is 18.1. The molecule has 1 aliphatic rings. The number of benzene rings is 1. The molecule has 1 heterocycles. The Labute approximate surface area is 135 Å². The van der Waals surface area contributed by atoms with Gasteiger partial charge in [0.2, 0.25) is 21.8 Å². The van der Waals surface area contributed by atoms with Crippen LogP contribution in [0.1, 0.15) is 26.2 Å². The average molecular weight is 339 g/mol. The van der Waals surface area contributed by atoms with Crippen molar-refractivity contribution in [2.45, 2.75) is 26.2 Å². The molecule has 0 radical (unpaired) electrons. The minimum absolute atomic E-state index is 0.0298. The number of rotatable bonds is 6. The Kier molecular flexibility index (Phi) is 5.59. The third-order valence-electron chi connectivity index (χ3n) is 3.53. The number of hydrogen-bond acceptors (Lipinski definition) is 4. The first-order chi connectivity index (χ1) is 10.9. The molecule has 0 aliphatic carbocycles. The highest BCUT2D eigenvalue weighted by Crippen LogP contribution is 2.18. The van der Waals surface area contributed by atoms with Crippen molar-refractivity contribution in [1.82, 2.24) is 5.32 Å². The van der Waals surface area contributed by atoms with Gasteiger partial charge in [-0.2, -0.15) is 0 Å². The van der Waals surface area contributed by atoms with Crippen LogP contribution in [0.15, 0.2) is 24.3 Å². The highest BCUT2D eigenvalue weighted by Gasteiger charge is 2.24. The minimum Gasteiger partial charge on any atom is -0.355 e. The molecule has 1 aromatic carbocycles. The molecule has 1 atom stereocenters. The summed E-state index contributed by atoms with van der Waals surface area (Å²) in [5, 5.41) is 5.44. The molecule has 0 bridgehead atoms. The molecule has 1 fully saturated rings. The van der Waals surface area contributed by atoms with E-state index < -0.39 is 10.0 Å². The second-order valence-electron chi connectivity index (χ2n) is 5.53. The van der Waals surface area contributed by atoms with Gasteiger partial charge in [-0.3, -0.25) is 14.3 Å². The Bertz CT molecular complexity index is 660. The Hall–Kier alpha value is -2.09. The molecule has 23 heavy (non-hydrogen) atoms. The summed E-state index contributed by atoms with van der Waals surface area (Å²) in [7, 11) is -3.32. The zero-order valence-electron chi connectivity index (χ0n) is 13.0. The molecule has 3 N–H and O–H groups in total. The Morgan fingerprint density at radius 3 is 2.48 bits per heavy atom. The van der Waals surface area contributed by atoms with E-state index in [0.717, 1.165) is 0 Å². The number of hydrogen-bond donors (Lipinski definition) is 3. The van der Waals surface area contributed by atoms with Crippen LogP contribution in [0.2, 0.25) is 0 Å². The molecule has 1 aromatic rings. The summed E-state index contributed by atoms with van der Waals surface area (Å²) in [6.45, 7) is 2.14. The fourth-order valence-corrected chi connectivity index (χ4v) is 3.46. The summed E-state index contributed by atoms with van der Waals surface area (Å²) in [6.07, 6.45) is 1.43. The largest absolute Gasteiger partial charge is 0.355 e.